The highest BCUT2D eigenvalue weighted by Crippen LogP contribution is 2.34. The zero-order valence-corrected chi connectivity index (χ0v) is 21.9. The maximum Gasteiger partial charge on any atom is 0.255 e. The summed E-state index contributed by atoms with van der Waals surface area (Å²) in [4.78, 5) is 41.2. The fraction of sp³-hybridized carbons (Fsp3) is 0.500. The molecule has 5 rings (SSSR count). The minimum absolute atomic E-state index is 0.187. The molecule has 0 bridgehead atoms. The number of ether oxygens (including phenoxy) is 1. The molecule has 0 saturated carbocycles. The summed E-state index contributed by atoms with van der Waals surface area (Å²) in [6, 6.07) is 14.1. The van der Waals surface area contributed by atoms with E-state index in [1.54, 1.807) is 11.0 Å². The van der Waals surface area contributed by atoms with Gasteiger partial charge in [-0.15, -0.1) is 0 Å². The third kappa shape index (κ3) is 5.57. The summed E-state index contributed by atoms with van der Waals surface area (Å²) in [5.74, 6) is 0.425. The van der Waals surface area contributed by atoms with Crippen molar-refractivity contribution in [3.8, 4) is 5.75 Å². The van der Waals surface area contributed by atoms with Gasteiger partial charge in [-0.1, -0.05) is 50.6 Å². The molecule has 3 aliphatic heterocycles. The van der Waals surface area contributed by atoms with Gasteiger partial charge in [0, 0.05) is 23.6 Å². The van der Waals surface area contributed by atoms with Crippen molar-refractivity contribution in [1.82, 2.24) is 15.1 Å². The summed E-state index contributed by atoms with van der Waals surface area (Å²) in [5.41, 5.74) is 3.81. The van der Waals surface area contributed by atoms with Crippen LogP contribution in [-0.2, 0) is 22.7 Å². The van der Waals surface area contributed by atoms with Crippen LogP contribution in [0.25, 0.3) is 0 Å². The van der Waals surface area contributed by atoms with Crippen molar-refractivity contribution in [3.63, 3.8) is 0 Å². The Morgan fingerprint density at radius 2 is 1.76 bits per heavy atom. The highest BCUT2D eigenvalue weighted by atomic mass is 16.5. The molecule has 3 aliphatic rings. The van der Waals surface area contributed by atoms with E-state index in [0.29, 0.717) is 42.8 Å². The number of hydrogen-bond donors (Lipinski definition) is 1. The smallest absolute Gasteiger partial charge is 0.255 e. The predicted molar refractivity (Wildman–Crippen MR) is 141 cm³/mol. The predicted octanol–water partition coefficient (Wildman–Crippen LogP) is 4.60. The lowest BCUT2D eigenvalue weighted by Gasteiger charge is -2.36. The second-order valence-electron chi connectivity index (χ2n) is 11.0. The molecular formula is C30H37N3O4. The molecule has 3 amide bonds. The third-order valence-corrected chi connectivity index (χ3v) is 7.82. The van der Waals surface area contributed by atoms with Crippen LogP contribution in [0.4, 0.5) is 0 Å². The van der Waals surface area contributed by atoms with Gasteiger partial charge in [0.25, 0.3) is 5.91 Å². The minimum atomic E-state index is -0.628. The van der Waals surface area contributed by atoms with Crippen molar-refractivity contribution in [1.29, 1.82) is 0 Å². The molecule has 0 spiro atoms. The zero-order valence-electron chi connectivity index (χ0n) is 21.9. The Balaban J connectivity index is 1.26. The van der Waals surface area contributed by atoms with E-state index < -0.39 is 11.9 Å². The molecule has 7 heteroatoms. The lowest BCUT2D eigenvalue weighted by atomic mass is 9.93. The van der Waals surface area contributed by atoms with Crippen LogP contribution in [0.3, 0.4) is 0 Å². The Labute approximate surface area is 219 Å². The molecule has 0 aliphatic carbocycles. The molecular weight excluding hydrogens is 466 g/mol. The SMILES string of the molecule is CC(C)CC(c1ccc(COc2cccc3c2CN(C2CCC(=O)NC2=O)C3=O)cc1)N1CCCCC1. The van der Waals surface area contributed by atoms with Crippen molar-refractivity contribution < 1.29 is 19.1 Å². The summed E-state index contributed by atoms with van der Waals surface area (Å²) < 4.78 is 6.20. The van der Waals surface area contributed by atoms with Gasteiger partial charge in [0.1, 0.15) is 18.4 Å². The van der Waals surface area contributed by atoms with E-state index >= 15 is 0 Å². The fourth-order valence-electron chi connectivity index (χ4n) is 5.86. The molecule has 0 radical (unpaired) electrons. The van der Waals surface area contributed by atoms with E-state index in [0.717, 1.165) is 17.5 Å². The van der Waals surface area contributed by atoms with Crippen LogP contribution in [0.5, 0.6) is 5.75 Å². The highest BCUT2D eigenvalue weighted by Gasteiger charge is 2.40. The number of nitrogens with zero attached hydrogens (tertiary/aromatic N) is 2. The number of carbonyl (C=O) groups excluding carboxylic acids is 3. The average molecular weight is 504 g/mol. The lowest BCUT2D eigenvalue weighted by molar-refractivity contribution is -0.136. The monoisotopic (exact) mass is 503 g/mol. The standard InChI is InChI=1S/C30H37N3O4/c1-20(2)17-26(32-15-4-3-5-16-32)22-11-9-21(10-12-22)19-37-27-8-6-7-23-24(27)18-33(30(23)36)25-13-14-28(34)31-29(25)35/h6-12,20,25-26H,3-5,13-19H2,1-2H3,(H,31,34,35). The number of nitrogens with one attached hydrogen (secondary N) is 1. The molecule has 2 saturated heterocycles. The molecule has 2 unspecified atom stereocenters. The maximum atomic E-state index is 13.1. The Hall–Kier alpha value is -3.19. The molecule has 37 heavy (non-hydrogen) atoms. The summed E-state index contributed by atoms with van der Waals surface area (Å²) >= 11 is 0. The number of likely N-dealkylation sites (tertiary alicyclic amines) is 1. The first-order valence-corrected chi connectivity index (χ1v) is 13.6. The number of rotatable bonds is 8. The van der Waals surface area contributed by atoms with E-state index in [2.05, 4.69) is 48.3 Å². The van der Waals surface area contributed by atoms with Crippen molar-refractivity contribution in [2.24, 2.45) is 5.92 Å². The summed E-state index contributed by atoms with van der Waals surface area (Å²) in [7, 11) is 0. The maximum absolute atomic E-state index is 13.1. The highest BCUT2D eigenvalue weighted by molar-refractivity contribution is 6.05. The fourth-order valence-corrected chi connectivity index (χ4v) is 5.86. The van der Waals surface area contributed by atoms with Gasteiger partial charge in [0.15, 0.2) is 0 Å². The largest absolute Gasteiger partial charge is 0.489 e. The van der Waals surface area contributed by atoms with Gasteiger partial charge in [0.05, 0.1) is 6.54 Å². The molecule has 196 valence electrons. The van der Waals surface area contributed by atoms with Crippen molar-refractivity contribution in [3.05, 3.63) is 64.7 Å². The Morgan fingerprint density at radius 3 is 2.46 bits per heavy atom. The van der Waals surface area contributed by atoms with Gasteiger partial charge in [-0.25, -0.2) is 0 Å². The van der Waals surface area contributed by atoms with Crippen LogP contribution in [0.1, 0.15) is 85.5 Å². The number of hydrogen-bond acceptors (Lipinski definition) is 5. The van der Waals surface area contributed by atoms with Gasteiger partial charge >= 0.3 is 0 Å². The summed E-state index contributed by atoms with van der Waals surface area (Å²) in [5, 5.41) is 2.35. The van der Waals surface area contributed by atoms with Crippen molar-refractivity contribution >= 4 is 17.7 Å². The normalized spacial score (nSPS) is 21.2. The zero-order chi connectivity index (χ0) is 25.9. The third-order valence-electron chi connectivity index (χ3n) is 7.82. The Morgan fingerprint density at radius 1 is 1.00 bits per heavy atom. The summed E-state index contributed by atoms with van der Waals surface area (Å²) in [6.45, 7) is 7.66. The molecule has 2 fully saturated rings. The molecule has 7 nitrogen and oxygen atoms in total. The molecule has 1 N–H and O–H groups in total. The number of imide groups is 1. The van der Waals surface area contributed by atoms with E-state index in [1.165, 1.54) is 37.9 Å². The number of carbonyl (C=O) groups is 3. The Bertz CT molecular complexity index is 1150. The van der Waals surface area contributed by atoms with Crippen molar-refractivity contribution in [2.45, 2.75) is 77.6 Å². The van der Waals surface area contributed by atoms with Gasteiger partial charge < -0.3 is 9.64 Å². The number of fused-ring (bicyclic) bond motifs is 1. The first-order valence-electron chi connectivity index (χ1n) is 13.6. The van der Waals surface area contributed by atoms with Crippen LogP contribution in [0, 0.1) is 5.92 Å². The lowest BCUT2D eigenvalue weighted by Crippen LogP contribution is -2.52. The first-order chi connectivity index (χ1) is 17.9. The molecule has 3 heterocycles. The second-order valence-corrected chi connectivity index (χ2v) is 11.0. The van der Waals surface area contributed by atoms with Gasteiger partial charge in [-0.3, -0.25) is 24.6 Å². The van der Waals surface area contributed by atoms with Crippen LogP contribution < -0.4 is 10.1 Å². The first kappa shape index (κ1) is 25.5. The topological polar surface area (TPSA) is 79.0 Å². The number of amides is 3. The van der Waals surface area contributed by atoms with Crippen LogP contribution in [-0.4, -0.2) is 46.7 Å². The van der Waals surface area contributed by atoms with Gasteiger partial charge in [0.2, 0.25) is 11.8 Å². The minimum Gasteiger partial charge on any atom is -0.489 e. The molecule has 0 aromatic heterocycles. The van der Waals surface area contributed by atoms with Gasteiger partial charge in [-0.05, 0) is 68.0 Å². The summed E-state index contributed by atoms with van der Waals surface area (Å²) in [6.07, 6.45) is 5.65. The van der Waals surface area contributed by atoms with Crippen LogP contribution >= 0.6 is 0 Å². The quantitative estimate of drug-likeness (QED) is 0.533. The average Bonchev–Trinajstić information content (AvgIpc) is 3.23. The van der Waals surface area contributed by atoms with E-state index in [-0.39, 0.29) is 18.2 Å². The van der Waals surface area contributed by atoms with Crippen LogP contribution in [0.2, 0.25) is 0 Å². The van der Waals surface area contributed by atoms with E-state index in [9.17, 15) is 14.4 Å². The number of piperidine rings is 2. The van der Waals surface area contributed by atoms with E-state index in [4.69, 9.17) is 4.74 Å². The molecule has 2 aromatic carbocycles. The van der Waals surface area contributed by atoms with Crippen molar-refractivity contribution in [2.75, 3.05) is 13.1 Å². The molecule has 2 aromatic rings. The second kappa shape index (κ2) is 11.1. The Kier molecular flexibility index (Phi) is 7.60. The van der Waals surface area contributed by atoms with Crippen LogP contribution in [0.15, 0.2) is 42.5 Å². The molecule has 2 atom stereocenters. The van der Waals surface area contributed by atoms with Gasteiger partial charge in [-0.2, -0.15) is 0 Å². The van der Waals surface area contributed by atoms with E-state index in [1.807, 2.05) is 12.1 Å². The number of benzene rings is 2.